The van der Waals surface area contributed by atoms with E-state index in [1.165, 1.54) is 66.6 Å². The standard InChI is InChI=1S/C33H33ClFN3O5S/c1-3-36-33(40)31(20-24-10-5-4-6-11-24)37(22-25-12-7-8-15-30(25)35)32(39)23-38(27-14-9-13-26(34)21-27)44(41,42)29-18-16-28(43-2)17-19-29/h4-19,21,31H,3,20,22-23H2,1-2H3,(H,36,40)/t31-/m1/s1. The molecule has 2 amide bonds. The lowest BCUT2D eigenvalue weighted by atomic mass is 10.0. The van der Waals surface area contributed by atoms with E-state index < -0.39 is 40.2 Å². The highest BCUT2D eigenvalue weighted by Crippen LogP contribution is 2.28. The fraction of sp³-hybridized carbons (Fsp3) is 0.212. The number of nitrogens with zero attached hydrogens (tertiary/aromatic N) is 2. The van der Waals surface area contributed by atoms with Crippen LogP contribution in [0.4, 0.5) is 10.1 Å². The Morgan fingerprint density at radius 2 is 1.61 bits per heavy atom. The molecule has 0 radical (unpaired) electrons. The van der Waals surface area contributed by atoms with E-state index in [0.29, 0.717) is 12.3 Å². The van der Waals surface area contributed by atoms with Gasteiger partial charge in [0.1, 0.15) is 24.2 Å². The SMILES string of the molecule is CCNC(=O)[C@@H](Cc1ccccc1)N(Cc1ccccc1F)C(=O)CN(c1cccc(Cl)c1)S(=O)(=O)c1ccc(OC)cc1. The second kappa shape index (κ2) is 14.9. The van der Waals surface area contributed by atoms with Crippen LogP contribution in [0.5, 0.6) is 5.75 Å². The molecule has 0 aromatic heterocycles. The molecule has 0 saturated heterocycles. The molecule has 8 nitrogen and oxygen atoms in total. The Kier molecular flexibility index (Phi) is 11.0. The smallest absolute Gasteiger partial charge is 0.264 e. The Bertz CT molecular complexity index is 1690. The number of sulfonamides is 1. The fourth-order valence-corrected chi connectivity index (χ4v) is 6.28. The van der Waals surface area contributed by atoms with Gasteiger partial charge in [0.05, 0.1) is 17.7 Å². The van der Waals surface area contributed by atoms with Gasteiger partial charge in [-0.3, -0.25) is 13.9 Å². The lowest BCUT2D eigenvalue weighted by Gasteiger charge is -2.34. The highest BCUT2D eigenvalue weighted by Gasteiger charge is 2.35. The number of hydrogen-bond donors (Lipinski definition) is 1. The predicted molar refractivity (Wildman–Crippen MR) is 169 cm³/mol. The van der Waals surface area contributed by atoms with E-state index in [4.69, 9.17) is 16.3 Å². The summed E-state index contributed by atoms with van der Waals surface area (Å²) in [6, 6.07) is 25.8. The molecular formula is C33H33ClFN3O5S. The molecule has 0 aliphatic heterocycles. The summed E-state index contributed by atoms with van der Waals surface area (Å²) in [7, 11) is -2.86. The van der Waals surface area contributed by atoms with Crippen molar-refractivity contribution < 1.29 is 27.1 Å². The summed E-state index contributed by atoms with van der Waals surface area (Å²) in [5, 5.41) is 3.03. The molecule has 4 rings (SSSR count). The average molecular weight is 638 g/mol. The maximum Gasteiger partial charge on any atom is 0.264 e. The van der Waals surface area contributed by atoms with Crippen LogP contribution in [0.1, 0.15) is 18.1 Å². The Hall–Kier alpha value is -4.41. The van der Waals surface area contributed by atoms with Gasteiger partial charge in [-0.05, 0) is 61.0 Å². The summed E-state index contributed by atoms with van der Waals surface area (Å²) in [6.45, 7) is 1.09. The van der Waals surface area contributed by atoms with Gasteiger partial charge < -0.3 is 15.0 Å². The summed E-state index contributed by atoms with van der Waals surface area (Å²) in [4.78, 5) is 28.9. The van der Waals surface area contributed by atoms with Crippen molar-refractivity contribution in [2.24, 2.45) is 0 Å². The molecule has 230 valence electrons. The minimum atomic E-state index is -4.32. The number of amides is 2. The van der Waals surface area contributed by atoms with Gasteiger partial charge in [0, 0.05) is 30.1 Å². The summed E-state index contributed by atoms with van der Waals surface area (Å²) in [5.74, 6) is -1.26. The highest BCUT2D eigenvalue weighted by atomic mass is 35.5. The second-order valence-corrected chi connectivity index (χ2v) is 12.2. The summed E-state index contributed by atoms with van der Waals surface area (Å²) >= 11 is 6.24. The number of carbonyl (C=O) groups is 2. The number of hydrogen-bond acceptors (Lipinski definition) is 5. The number of likely N-dealkylation sites (N-methyl/N-ethyl adjacent to an activating group) is 1. The minimum absolute atomic E-state index is 0.0868. The number of anilines is 1. The zero-order valence-corrected chi connectivity index (χ0v) is 25.9. The van der Waals surface area contributed by atoms with Crippen molar-refractivity contribution in [2.75, 3.05) is 24.5 Å². The monoisotopic (exact) mass is 637 g/mol. The number of rotatable bonds is 13. The first-order valence-corrected chi connectivity index (χ1v) is 15.7. The molecule has 0 fully saturated rings. The topological polar surface area (TPSA) is 96.0 Å². The van der Waals surface area contributed by atoms with E-state index in [0.717, 1.165) is 9.87 Å². The molecule has 0 spiro atoms. The van der Waals surface area contributed by atoms with Crippen LogP contribution in [-0.4, -0.2) is 51.4 Å². The first-order chi connectivity index (χ1) is 21.1. The number of benzene rings is 4. The third-order valence-corrected chi connectivity index (χ3v) is 8.97. The lowest BCUT2D eigenvalue weighted by Crippen LogP contribution is -2.53. The lowest BCUT2D eigenvalue weighted by molar-refractivity contribution is -0.140. The van der Waals surface area contributed by atoms with Crippen LogP contribution >= 0.6 is 11.6 Å². The molecule has 44 heavy (non-hydrogen) atoms. The van der Waals surface area contributed by atoms with Gasteiger partial charge in [-0.1, -0.05) is 66.2 Å². The first kappa shape index (κ1) is 32.5. The zero-order chi connectivity index (χ0) is 31.7. The van der Waals surface area contributed by atoms with Crippen LogP contribution < -0.4 is 14.4 Å². The molecule has 11 heteroatoms. The second-order valence-electron chi connectivity index (χ2n) is 9.88. The van der Waals surface area contributed by atoms with E-state index in [1.807, 2.05) is 30.3 Å². The average Bonchev–Trinajstić information content (AvgIpc) is 3.02. The maximum atomic E-state index is 14.9. The van der Waals surface area contributed by atoms with Gasteiger partial charge in [-0.15, -0.1) is 0 Å². The molecule has 0 aliphatic carbocycles. The normalized spacial score (nSPS) is 11.8. The molecule has 0 aliphatic rings. The molecule has 4 aromatic rings. The molecule has 0 unspecified atom stereocenters. The first-order valence-electron chi connectivity index (χ1n) is 13.9. The van der Waals surface area contributed by atoms with Crippen LogP contribution in [0, 0.1) is 5.82 Å². The van der Waals surface area contributed by atoms with Gasteiger partial charge >= 0.3 is 0 Å². The van der Waals surface area contributed by atoms with Crippen molar-refractivity contribution in [2.45, 2.75) is 30.8 Å². The Morgan fingerprint density at radius 3 is 2.25 bits per heavy atom. The van der Waals surface area contributed by atoms with E-state index in [9.17, 15) is 22.4 Å². The van der Waals surface area contributed by atoms with Crippen LogP contribution in [0.2, 0.25) is 5.02 Å². The zero-order valence-electron chi connectivity index (χ0n) is 24.3. The maximum absolute atomic E-state index is 14.9. The van der Waals surface area contributed by atoms with Gasteiger partial charge in [0.25, 0.3) is 10.0 Å². The fourth-order valence-electron chi connectivity index (χ4n) is 4.69. The van der Waals surface area contributed by atoms with Crippen LogP contribution in [-0.2, 0) is 32.6 Å². The van der Waals surface area contributed by atoms with Gasteiger partial charge in [-0.2, -0.15) is 0 Å². The summed E-state index contributed by atoms with van der Waals surface area (Å²) in [6.07, 6.45) is 0.120. The van der Waals surface area contributed by atoms with Crippen molar-refractivity contribution in [1.82, 2.24) is 10.2 Å². The number of ether oxygens (including phenoxy) is 1. The van der Waals surface area contributed by atoms with Crippen LogP contribution in [0.25, 0.3) is 0 Å². The van der Waals surface area contributed by atoms with E-state index >= 15 is 0 Å². The Balaban J connectivity index is 1.80. The number of halogens is 2. The van der Waals surface area contributed by atoms with Crippen molar-refractivity contribution in [3.05, 3.63) is 125 Å². The molecule has 1 atom stereocenters. The van der Waals surface area contributed by atoms with Crippen LogP contribution in [0.15, 0.2) is 108 Å². The van der Waals surface area contributed by atoms with Crippen molar-refractivity contribution in [1.29, 1.82) is 0 Å². The Morgan fingerprint density at radius 1 is 0.932 bits per heavy atom. The molecule has 4 aromatic carbocycles. The Labute approximate surface area is 262 Å². The number of carbonyl (C=O) groups excluding carboxylic acids is 2. The van der Waals surface area contributed by atoms with Gasteiger partial charge in [0.15, 0.2) is 0 Å². The van der Waals surface area contributed by atoms with Gasteiger partial charge in [0.2, 0.25) is 11.8 Å². The van der Waals surface area contributed by atoms with Crippen molar-refractivity contribution in [3.63, 3.8) is 0 Å². The quantitative estimate of drug-likeness (QED) is 0.210. The van der Waals surface area contributed by atoms with E-state index in [1.54, 1.807) is 25.1 Å². The van der Waals surface area contributed by atoms with E-state index in [-0.39, 0.29) is 34.1 Å². The molecule has 1 N–H and O–H groups in total. The summed E-state index contributed by atoms with van der Waals surface area (Å²) < 4.78 is 49.1. The van der Waals surface area contributed by atoms with Crippen molar-refractivity contribution >= 4 is 39.1 Å². The van der Waals surface area contributed by atoms with E-state index in [2.05, 4.69) is 5.32 Å². The third-order valence-electron chi connectivity index (χ3n) is 6.94. The molecule has 0 bridgehead atoms. The highest BCUT2D eigenvalue weighted by molar-refractivity contribution is 7.92. The number of nitrogens with one attached hydrogen (secondary N) is 1. The molecule has 0 saturated carbocycles. The van der Waals surface area contributed by atoms with Crippen molar-refractivity contribution in [3.8, 4) is 5.75 Å². The largest absolute Gasteiger partial charge is 0.497 e. The third kappa shape index (κ3) is 7.94. The summed E-state index contributed by atoms with van der Waals surface area (Å²) in [5.41, 5.74) is 1.09. The van der Waals surface area contributed by atoms with Gasteiger partial charge in [-0.25, -0.2) is 12.8 Å². The number of methoxy groups -OCH3 is 1. The minimum Gasteiger partial charge on any atom is -0.497 e. The molecule has 0 heterocycles. The predicted octanol–water partition coefficient (Wildman–Crippen LogP) is 5.46. The van der Waals surface area contributed by atoms with Crippen LogP contribution in [0.3, 0.4) is 0 Å². The molecular weight excluding hydrogens is 605 g/mol.